The molecule has 1 aromatic carbocycles. The van der Waals surface area contributed by atoms with Gasteiger partial charge in [-0.15, -0.1) is 0 Å². The van der Waals surface area contributed by atoms with Gasteiger partial charge in [-0.1, -0.05) is 17.7 Å². The number of carbonyl (C=O) groups is 2. The van der Waals surface area contributed by atoms with Gasteiger partial charge in [0.15, 0.2) is 5.09 Å². The van der Waals surface area contributed by atoms with E-state index in [0.717, 1.165) is 24.1 Å². The number of rotatable bonds is 6. The lowest BCUT2D eigenvalue weighted by Gasteiger charge is -2.06. The number of ketones is 1. The van der Waals surface area contributed by atoms with Crippen molar-refractivity contribution in [2.75, 3.05) is 6.54 Å². The summed E-state index contributed by atoms with van der Waals surface area (Å²) < 4.78 is 32.1. The average Bonchev–Trinajstić information content (AvgIpc) is 3.38. The van der Waals surface area contributed by atoms with Crippen molar-refractivity contribution < 1.29 is 27.9 Å². The number of hydrogen-bond acceptors (Lipinski definition) is 7. The third-order valence-corrected chi connectivity index (χ3v) is 4.41. The number of benzene rings is 1. The predicted octanol–water partition coefficient (Wildman–Crippen LogP) is 4.29. The van der Waals surface area contributed by atoms with E-state index in [9.17, 15) is 18.4 Å². The van der Waals surface area contributed by atoms with Gasteiger partial charge in [-0.2, -0.15) is 0 Å². The minimum absolute atomic E-state index is 0.0899. The molecule has 0 atom stereocenters. The van der Waals surface area contributed by atoms with E-state index in [-0.39, 0.29) is 16.4 Å². The summed E-state index contributed by atoms with van der Waals surface area (Å²) >= 11 is 6.75. The van der Waals surface area contributed by atoms with Gasteiger partial charge in [-0.05, 0) is 54.6 Å². The normalized spacial score (nSPS) is 14.4. The highest BCUT2D eigenvalue weighted by Gasteiger charge is 2.25. The number of carboxylic acid groups (broad SMARTS) is 1. The van der Waals surface area contributed by atoms with Crippen molar-refractivity contribution in [3.8, 4) is 0 Å². The van der Waals surface area contributed by atoms with Gasteiger partial charge in [-0.25, -0.2) is 13.6 Å². The van der Waals surface area contributed by atoms with Crippen molar-refractivity contribution >= 4 is 42.0 Å². The van der Waals surface area contributed by atoms with Gasteiger partial charge in [0.05, 0.1) is 10.6 Å². The maximum Gasteiger partial charge on any atom is 0.371 e. The Labute approximate surface area is 185 Å². The van der Waals surface area contributed by atoms with Crippen molar-refractivity contribution in [1.82, 2.24) is 5.32 Å². The molecule has 0 saturated carbocycles. The summed E-state index contributed by atoms with van der Waals surface area (Å²) in [6.07, 6.45) is 4.21. The van der Waals surface area contributed by atoms with Crippen LogP contribution in [0.1, 0.15) is 20.9 Å². The first-order valence-electron chi connectivity index (χ1n) is 8.43. The van der Waals surface area contributed by atoms with Gasteiger partial charge in [0, 0.05) is 24.5 Å². The van der Waals surface area contributed by atoms with Gasteiger partial charge in [0.25, 0.3) is 0 Å². The monoisotopic (exact) mass is 467 g/mol. The summed E-state index contributed by atoms with van der Waals surface area (Å²) in [6, 6.07) is 6.15. The van der Waals surface area contributed by atoms with E-state index in [1.165, 1.54) is 36.7 Å². The van der Waals surface area contributed by atoms with Crippen LogP contribution in [0.3, 0.4) is 0 Å². The molecule has 0 spiro atoms. The minimum atomic E-state index is -1.08. The standard InChI is InChI=1S/C15H11ClF2N2O.C5H5NO3S/c1-19-7-10(16)5-9-6-20-8-11(9)15(21)14-12(17)3-2-4-13(14)18;6-10-4-2-1-3(9-4)5(7)8/h2-5,7-8,20H,1,6H2;1-2H,6H2,(H,7,8)/b9-5+,10-7+;. The molecule has 3 rings (SSSR count). The third kappa shape index (κ3) is 6.38. The SMILES string of the molecule is C=N/C=C(Cl)\C=C1/CNC=C1C(=O)c1c(F)cccc1F.NSc1ccc(C(=O)O)o1. The van der Waals surface area contributed by atoms with Crippen LogP contribution in [0.4, 0.5) is 8.78 Å². The fourth-order valence-electron chi connectivity index (χ4n) is 2.43. The molecule has 11 heteroatoms. The molecule has 1 aliphatic rings. The molecule has 0 radical (unpaired) electrons. The number of carbonyl (C=O) groups excluding carboxylic acids is 1. The van der Waals surface area contributed by atoms with Crippen molar-refractivity contribution in [2.24, 2.45) is 10.1 Å². The second-order valence-corrected chi connectivity index (χ2v) is 6.85. The highest BCUT2D eigenvalue weighted by atomic mass is 35.5. The molecule has 1 aliphatic heterocycles. The second-order valence-electron chi connectivity index (χ2n) is 5.77. The van der Waals surface area contributed by atoms with Crippen molar-refractivity contribution in [1.29, 1.82) is 0 Å². The first-order valence-corrected chi connectivity index (χ1v) is 9.68. The summed E-state index contributed by atoms with van der Waals surface area (Å²) in [5.74, 6) is -3.71. The van der Waals surface area contributed by atoms with Crippen LogP contribution >= 0.6 is 23.5 Å². The molecule has 0 saturated heterocycles. The lowest BCUT2D eigenvalue weighted by molar-refractivity contribution is 0.0656. The van der Waals surface area contributed by atoms with E-state index in [2.05, 4.69) is 17.0 Å². The summed E-state index contributed by atoms with van der Waals surface area (Å²) in [6.45, 7) is 3.60. The lowest BCUT2D eigenvalue weighted by atomic mass is 9.98. The quantitative estimate of drug-likeness (QED) is 0.329. The molecular weight excluding hydrogens is 452 g/mol. The minimum Gasteiger partial charge on any atom is -0.475 e. The zero-order valence-electron chi connectivity index (χ0n) is 15.8. The largest absolute Gasteiger partial charge is 0.475 e. The highest BCUT2D eigenvalue weighted by Crippen LogP contribution is 2.24. The number of nitrogens with two attached hydrogens (primary N) is 1. The van der Waals surface area contributed by atoms with Crippen molar-refractivity contribution in [3.05, 3.63) is 87.9 Å². The number of allylic oxidation sites excluding steroid dienone is 2. The lowest BCUT2D eigenvalue weighted by Crippen LogP contribution is -2.10. The molecule has 0 unspecified atom stereocenters. The summed E-state index contributed by atoms with van der Waals surface area (Å²) in [7, 11) is 0. The van der Waals surface area contributed by atoms with Gasteiger partial charge in [0.1, 0.15) is 11.6 Å². The Hall–Kier alpha value is -3.21. The maximum atomic E-state index is 13.7. The summed E-state index contributed by atoms with van der Waals surface area (Å²) in [5.41, 5.74) is 0.0995. The van der Waals surface area contributed by atoms with Crippen LogP contribution in [0.25, 0.3) is 0 Å². The molecule has 2 heterocycles. The van der Waals surface area contributed by atoms with Crippen LogP contribution in [0.15, 0.2) is 79.5 Å². The molecule has 4 N–H and O–H groups in total. The van der Waals surface area contributed by atoms with Gasteiger partial charge < -0.3 is 14.8 Å². The zero-order valence-corrected chi connectivity index (χ0v) is 17.3. The number of nitrogens with zero attached hydrogens (tertiary/aromatic N) is 1. The molecule has 0 fully saturated rings. The Morgan fingerprint density at radius 2 is 1.97 bits per heavy atom. The molecule has 0 aliphatic carbocycles. The van der Waals surface area contributed by atoms with E-state index >= 15 is 0 Å². The number of Topliss-reactive ketones (excluding diaryl/α,β-unsaturated/α-hetero) is 1. The predicted molar refractivity (Wildman–Crippen MR) is 114 cm³/mol. The van der Waals surface area contributed by atoms with Gasteiger partial charge in [-0.3, -0.25) is 14.9 Å². The molecule has 0 bridgehead atoms. The molecule has 162 valence electrons. The number of hydrogen-bond donors (Lipinski definition) is 3. The van der Waals surface area contributed by atoms with Crippen LogP contribution in [0.2, 0.25) is 0 Å². The van der Waals surface area contributed by atoms with Crippen LogP contribution in [-0.4, -0.2) is 30.1 Å². The Kier molecular flexibility index (Phi) is 8.74. The molecular formula is C20H16ClF2N3O4S. The Morgan fingerprint density at radius 1 is 1.29 bits per heavy atom. The van der Waals surface area contributed by atoms with Gasteiger partial charge >= 0.3 is 5.97 Å². The molecule has 0 amide bonds. The summed E-state index contributed by atoms with van der Waals surface area (Å²) in [4.78, 5) is 26.0. The first-order chi connectivity index (χ1) is 14.8. The maximum absolute atomic E-state index is 13.7. The molecule has 1 aromatic heterocycles. The van der Waals surface area contributed by atoms with E-state index in [1.54, 1.807) is 0 Å². The molecule has 2 aromatic rings. The smallest absolute Gasteiger partial charge is 0.371 e. The topological polar surface area (TPSA) is 118 Å². The van der Waals surface area contributed by atoms with Gasteiger partial charge in [0.2, 0.25) is 11.5 Å². The third-order valence-electron chi connectivity index (χ3n) is 3.75. The molecule has 7 nitrogen and oxygen atoms in total. The fourth-order valence-corrected chi connectivity index (χ4v) is 2.92. The van der Waals surface area contributed by atoms with Crippen LogP contribution in [0, 0.1) is 11.6 Å². The van der Waals surface area contributed by atoms with E-state index < -0.39 is 29.0 Å². The van der Waals surface area contributed by atoms with E-state index in [0.29, 0.717) is 17.2 Å². The highest BCUT2D eigenvalue weighted by molar-refractivity contribution is 7.96. The van der Waals surface area contributed by atoms with Crippen LogP contribution in [-0.2, 0) is 0 Å². The Morgan fingerprint density at radius 3 is 2.48 bits per heavy atom. The molecule has 31 heavy (non-hydrogen) atoms. The number of nitrogens with one attached hydrogen (secondary N) is 1. The zero-order chi connectivity index (χ0) is 23.0. The Balaban J connectivity index is 0.000000285. The van der Waals surface area contributed by atoms with E-state index in [1.807, 2.05) is 0 Å². The first kappa shape index (κ1) is 24.1. The fraction of sp³-hybridized carbons (Fsp3) is 0.0500. The van der Waals surface area contributed by atoms with Crippen molar-refractivity contribution in [3.63, 3.8) is 0 Å². The number of aliphatic imine (C=N–C) groups is 1. The number of furan rings is 1. The van der Waals surface area contributed by atoms with Crippen LogP contribution in [0.5, 0.6) is 0 Å². The van der Waals surface area contributed by atoms with E-state index in [4.69, 9.17) is 26.3 Å². The number of aromatic carboxylic acids is 1. The number of carboxylic acids is 1. The average molecular weight is 468 g/mol. The summed E-state index contributed by atoms with van der Waals surface area (Å²) in [5, 5.41) is 16.9. The van der Waals surface area contributed by atoms with Crippen molar-refractivity contribution in [2.45, 2.75) is 5.09 Å². The Bertz CT molecular complexity index is 1080. The number of halogens is 3. The second kappa shape index (κ2) is 11.3. The van der Waals surface area contributed by atoms with Crippen LogP contribution < -0.4 is 10.5 Å².